The quantitative estimate of drug-likeness (QED) is 0.416. The van der Waals surface area contributed by atoms with E-state index in [1.165, 1.54) is 6.92 Å². The number of halogens is 1. The van der Waals surface area contributed by atoms with Gasteiger partial charge in [-0.3, -0.25) is 14.4 Å². The first-order chi connectivity index (χ1) is 9.76. The van der Waals surface area contributed by atoms with Gasteiger partial charge in [-0.25, -0.2) is 0 Å². The number of hydrogen-bond acceptors (Lipinski definition) is 8. The predicted octanol–water partition coefficient (Wildman–Crippen LogP) is -0.106. The van der Waals surface area contributed by atoms with Gasteiger partial charge in [-0.1, -0.05) is 15.9 Å². The van der Waals surface area contributed by atoms with Gasteiger partial charge >= 0.3 is 17.9 Å². The molecule has 21 heavy (non-hydrogen) atoms. The molecule has 1 saturated heterocycles. The predicted molar refractivity (Wildman–Crippen MR) is 71.3 cm³/mol. The van der Waals surface area contributed by atoms with E-state index in [9.17, 15) is 19.5 Å². The van der Waals surface area contributed by atoms with Crippen LogP contribution in [0.4, 0.5) is 0 Å². The van der Waals surface area contributed by atoms with Crippen molar-refractivity contribution in [1.29, 1.82) is 0 Å². The first kappa shape index (κ1) is 17.9. The highest BCUT2D eigenvalue weighted by molar-refractivity contribution is 9.09. The van der Waals surface area contributed by atoms with Crippen LogP contribution < -0.4 is 0 Å². The summed E-state index contributed by atoms with van der Waals surface area (Å²) in [7, 11) is 0. The summed E-state index contributed by atoms with van der Waals surface area (Å²) < 4.78 is 20.3. The van der Waals surface area contributed by atoms with Crippen molar-refractivity contribution in [3.05, 3.63) is 0 Å². The minimum atomic E-state index is -1.51. The zero-order valence-electron chi connectivity index (χ0n) is 11.8. The molecule has 120 valence electrons. The van der Waals surface area contributed by atoms with E-state index in [0.717, 1.165) is 13.8 Å². The molecule has 0 amide bonds. The van der Waals surface area contributed by atoms with Crippen LogP contribution in [0.2, 0.25) is 0 Å². The Morgan fingerprint density at radius 1 is 0.952 bits per heavy atom. The number of alkyl halides is 1. The molecule has 0 aromatic carbocycles. The lowest BCUT2D eigenvalue weighted by Gasteiger charge is -2.42. The molecule has 0 spiro atoms. The van der Waals surface area contributed by atoms with Crippen LogP contribution in [-0.2, 0) is 33.3 Å². The Hall–Kier alpha value is -1.19. The summed E-state index contributed by atoms with van der Waals surface area (Å²) in [5.74, 6) is -1.99. The number of hydrogen-bond donors (Lipinski definition) is 1. The molecule has 1 heterocycles. The number of rotatable bonds is 4. The van der Waals surface area contributed by atoms with Gasteiger partial charge in [-0.2, -0.15) is 0 Å². The summed E-state index contributed by atoms with van der Waals surface area (Å²) in [6.07, 6.45) is -5.74. The molecule has 1 N–H and O–H groups in total. The summed E-state index contributed by atoms with van der Waals surface area (Å²) in [5, 5.41) is 10.1. The standard InChI is InChI=1S/C12H17BrO8/c1-5(14)18-9-8(4-13)21-12(17)11(20-7(3)16)10(9)19-6(2)15/h8-12,17H,4H2,1-3H3/t8-,9-,10+,11-,12+/m1/s1. The summed E-state index contributed by atoms with van der Waals surface area (Å²) in [6.45, 7) is 3.47. The van der Waals surface area contributed by atoms with Crippen molar-refractivity contribution in [2.24, 2.45) is 0 Å². The molecule has 8 nitrogen and oxygen atoms in total. The van der Waals surface area contributed by atoms with E-state index in [1.807, 2.05) is 0 Å². The maximum absolute atomic E-state index is 11.2. The molecule has 0 aliphatic carbocycles. The lowest BCUT2D eigenvalue weighted by Crippen LogP contribution is -2.61. The maximum Gasteiger partial charge on any atom is 0.303 e. The average molecular weight is 369 g/mol. The minimum Gasteiger partial charge on any atom is -0.456 e. The van der Waals surface area contributed by atoms with Gasteiger partial charge in [0.05, 0.1) is 0 Å². The van der Waals surface area contributed by atoms with Crippen LogP contribution in [-0.4, -0.2) is 59.1 Å². The molecule has 1 aliphatic heterocycles. The van der Waals surface area contributed by atoms with E-state index >= 15 is 0 Å². The van der Waals surface area contributed by atoms with E-state index < -0.39 is 48.6 Å². The molecule has 5 atom stereocenters. The first-order valence-electron chi connectivity index (χ1n) is 6.17. The Morgan fingerprint density at radius 3 is 1.81 bits per heavy atom. The van der Waals surface area contributed by atoms with Crippen LogP contribution in [0.15, 0.2) is 0 Å². The van der Waals surface area contributed by atoms with Gasteiger partial charge in [0, 0.05) is 26.1 Å². The third-order valence-electron chi connectivity index (χ3n) is 2.67. The Bertz CT molecular complexity index is 412. The SMILES string of the molecule is CC(=O)O[C@@H]1[C@@H](OC(C)=O)[C@@H](O)O[C@H](CBr)[C@H]1OC(C)=O. The number of esters is 3. The monoisotopic (exact) mass is 368 g/mol. The molecule has 0 saturated carbocycles. The molecule has 0 aromatic heterocycles. The van der Waals surface area contributed by atoms with Gasteiger partial charge in [-0.05, 0) is 0 Å². The molecular formula is C12H17BrO8. The Morgan fingerprint density at radius 2 is 1.38 bits per heavy atom. The van der Waals surface area contributed by atoms with Crippen molar-refractivity contribution in [2.75, 3.05) is 5.33 Å². The summed E-state index contributed by atoms with van der Waals surface area (Å²) >= 11 is 3.16. The van der Waals surface area contributed by atoms with E-state index in [2.05, 4.69) is 15.9 Å². The number of carbonyl (C=O) groups is 3. The van der Waals surface area contributed by atoms with Crippen molar-refractivity contribution in [2.45, 2.75) is 51.5 Å². The minimum absolute atomic E-state index is 0.215. The highest BCUT2D eigenvalue weighted by atomic mass is 79.9. The molecule has 1 aliphatic rings. The smallest absolute Gasteiger partial charge is 0.303 e. The molecular weight excluding hydrogens is 352 g/mol. The normalized spacial score (nSPS) is 32.1. The fourth-order valence-electron chi connectivity index (χ4n) is 2.00. The topological polar surface area (TPSA) is 108 Å². The lowest BCUT2D eigenvalue weighted by atomic mass is 9.99. The van der Waals surface area contributed by atoms with Crippen LogP contribution in [0.5, 0.6) is 0 Å². The van der Waals surface area contributed by atoms with E-state index in [0.29, 0.717) is 0 Å². The van der Waals surface area contributed by atoms with Crippen molar-refractivity contribution in [1.82, 2.24) is 0 Å². The van der Waals surface area contributed by atoms with Crippen molar-refractivity contribution >= 4 is 33.8 Å². The number of carbonyl (C=O) groups excluding carboxylic acids is 3. The maximum atomic E-state index is 11.2. The Labute approximate surface area is 129 Å². The molecule has 9 heteroatoms. The van der Waals surface area contributed by atoms with Gasteiger partial charge < -0.3 is 24.1 Å². The number of aliphatic hydroxyl groups excluding tert-OH is 1. The fourth-order valence-corrected chi connectivity index (χ4v) is 2.52. The molecule has 0 aromatic rings. The van der Waals surface area contributed by atoms with Crippen molar-refractivity contribution < 1.29 is 38.4 Å². The summed E-state index contributed by atoms with van der Waals surface area (Å²) in [5.41, 5.74) is 0. The van der Waals surface area contributed by atoms with Crippen LogP contribution >= 0.6 is 15.9 Å². The highest BCUT2D eigenvalue weighted by Gasteiger charge is 2.50. The second kappa shape index (κ2) is 7.71. The van der Waals surface area contributed by atoms with Gasteiger partial charge in [0.15, 0.2) is 24.6 Å². The van der Waals surface area contributed by atoms with Crippen LogP contribution in [0.25, 0.3) is 0 Å². The second-order valence-electron chi connectivity index (χ2n) is 4.44. The molecule has 1 fully saturated rings. The van der Waals surface area contributed by atoms with Gasteiger partial charge in [0.25, 0.3) is 0 Å². The van der Waals surface area contributed by atoms with E-state index in [-0.39, 0.29) is 5.33 Å². The van der Waals surface area contributed by atoms with Gasteiger partial charge in [0.2, 0.25) is 0 Å². The summed E-state index contributed by atoms with van der Waals surface area (Å²) in [6, 6.07) is 0. The molecule has 0 radical (unpaired) electrons. The zero-order chi connectivity index (χ0) is 16.2. The fraction of sp³-hybridized carbons (Fsp3) is 0.750. The Balaban J connectivity index is 3.08. The van der Waals surface area contributed by atoms with Gasteiger partial charge in [-0.15, -0.1) is 0 Å². The third kappa shape index (κ3) is 4.94. The largest absolute Gasteiger partial charge is 0.456 e. The number of ether oxygens (including phenoxy) is 4. The first-order valence-corrected chi connectivity index (χ1v) is 7.29. The second-order valence-corrected chi connectivity index (χ2v) is 5.09. The van der Waals surface area contributed by atoms with Gasteiger partial charge in [0.1, 0.15) is 6.10 Å². The molecule has 0 bridgehead atoms. The van der Waals surface area contributed by atoms with Crippen molar-refractivity contribution in [3.8, 4) is 0 Å². The van der Waals surface area contributed by atoms with E-state index in [1.54, 1.807) is 0 Å². The molecule has 1 rings (SSSR count). The third-order valence-corrected chi connectivity index (χ3v) is 3.31. The van der Waals surface area contributed by atoms with E-state index in [4.69, 9.17) is 18.9 Å². The van der Waals surface area contributed by atoms with Crippen LogP contribution in [0, 0.1) is 0 Å². The van der Waals surface area contributed by atoms with Crippen LogP contribution in [0.3, 0.4) is 0 Å². The van der Waals surface area contributed by atoms with Crippen molar-refractivity contribution in [3.63, 3.8) is 0 Å². The lowest BCUT2D eigenvalue weighted by molar-refractivity contribution is -0.287. The average Bonchev–Trinajstić information content (AvgIpc) is 2.35. The molecule has 0 unspecified atom stereocenters. The number of aliphatic hydroxyl groups is 1. The zero-order valence-corrected chi connectivity index (χ0v) is 13.4. The highest BCUT2D eigenvalue weighted by Crippen LogP contribution is 2.28. The summed E-state index contributed by atoms with van der Waals surface area (Å²) in [4.78, 5) is 33.6. The van der Waals surface area contributed by atoms with Crippen LogP contribution in [0.1, 0.15) is 20.8 Å². The Kier molecular flexibility index (Phi) is 6.56.